The van der Waals surface area contributed by atoms with E-state index in [4.69, 9.17) is 4.74 Å². The number of esters is 1. The summed E-state index contributed by atoms with van der Waals surface area (Å²) in [4.78, 5) is 11.5. The van der Waals surface area contributed by atoms with Crippen LogP contribution >= 0.6 is 0 Å². The Labute approximate surface area is 107 Å². The van der Waals surface area contributed by atoms with Gasteiger partial charge in [-0.1, -0.05) is 6.92 Å². The molecule has 1 aromatic rings. The van der Waals surface area contributed by atoms with Gasteiger partial charge in [0.25, 0.3) is 0 Å². The fraction of sp³-hybridized carbons (Fsp3) is 0.417. The average molecular weight is 271 g/mol. The minimum Gasteiger partial charge on any atom is -0.462 e. The molecular formula is C12H17NO4S. The Hall–Kier alpha value is -1.40. The number of hydrogen-bond acceptors (Lipinski definition) is 4. The number of nitrogens with one attached hydrogen (secondary N) is 1. The third kappa shape index (κ3) is 3.82. The van der Waals surface area contributed by atoms with Gasteiger partial charge >= 0.3 is 5.97 Å². The van der Waals surface area contributed by atoms with Crippen molar-refractivity contribution >= 4 is 16.0 Å². The first-order chi connectivity index (χ1) is 8.51. The molecule has 0 saturated heterocycles. The van der Waals surface area contributed by atoms with Crippen molar-refractivity contribution in [3.63, 3.8) is 0 Å². The van der Waals surface area contributed by atoms with Crippen LogP contribution in [0.3, 0.4) is 0 Å². The minimum absolute atomic E-state index is 0.143. The molecule has 0 atom stereocenters. The average Bonchev–Trinajstić information content (AvgIpc) is 2.37. The Morgan fingerprint density at radius 3 is 2.33 bits per heavy atom. The number of sulfonamides is 1. The molecule has 0 bridgehead atoms. The van der Waals surface area contributed by atoms with Crippen molar-refractivity contribution in [2.24, 2.45) is 0 Å². The third-order valence-corrected chi connectivity index (χ3v) is 3.69. The molecule has 1 N–H and O–H groups in total. The van der Waals surface area contributed by atoms with E-state index in [1.54, 1.807) is 6.92 Å². The monoisotopic (exact) mass is 271 g/mol. The summed E-state index contributed by atoms with van der Waals surface area (Å²) in [5.41, 5.74) is 0.339. The summed E-state index contributed by atoms with van der Waals surface area (Å²) in [6.07, 6.45) is 0.722. The molecule has 0 aliphatic rings. The van der Waals surface area contributed by atoms with Crippen LogP contribution in [0.4, 0.5) is 0 Å². The molecule has 6 heteroatoms. The highest BCUT2D eigenvalue weighted by atomic mass is 32.2. The third-order valence-electron chi connectivity index (χ3n) is 2.22. The second kappa shape index (κ2) is 6.51. The van der Waals surface area contributed by atoms with Crippen LogP contribution in [0.2, 0.25) is 0 Å². The first kappa shape index (κ1) is 14.7. The normalized spacial score (nSPS) is 11.2. The SMILES string of the molecule is CCCNS(=O)(=O)c1ccc(C(=O)OCC)cc1. The molecule has 0 aliphatic heterocycles. The molecule has 0 amide bonds. The first-order valence-electron chi connectivity index (χ1n) is 5.78. The quantitative estimate of drug-likeness (QED) is 0.797. The van der Waals surface area contributed by atoms with Crippen LogP contribution in [0, 0.1) is 0 Å². The second-order valence-electron chi connectivity index (χ2n) is 3.64. The van der Waals surface area contributed by atoms with Gasteiger partial charge in [0.05, 0.1) is 17.1 Å². The molecule has 0 unspecified atom stereocenters. The lowest BCUT2D eigenvalue weighted by Gasteiger charge is -2.06. The van der Waals surface area contributed by atoms with E-state index in [2.05, 4.69) is 4.72 Å². The van der Waals surface area contributed by atoms with Gasteiger partial charge in [-0.3, -0.25) is 0 Å². The zero-order valence-corrected chi connectivity index (χ0v) is 11.3. The Morgan fingerprint density at radius 2 is 1.83 bits per heavy atom. The van der Waals surface area contributed by atoms with Crippen LogP contribution in [0.25, 0.3) is 0 Å². The highest BCUT2D eigenvalue weighted by molar-refractivity contribution is 7.89. The van der Waals surface area contributed by atoms with Crippen LogP contribution in [0.1, 0.15) is 30.6 Å². The van der Waals surface area contributed by atoms with Crippen LogP contribution in [0.15, 0.2) is 29.2 Å². The summed E-state index contributed by atoms with van der Waals surface area (Å²) in [5.74, 6) is -0.456. The van der Waals surface area contributed by atoms with Gasteiger partial charge in [-0.2, -0.15) is 0 Å². The minimum atomic E-state index is -3.48. The van der Waals surface area contributed by atoms with Crippen molar-refractivity contribution in [3.8, 4) is 0 Å². The molecule has 100 valence electrons. The molecule has 0 radical (unpaired) electrons. The van der Waals surface area contributed by atoms with E-state index in [0.717, 1.165) is 6.42 Å². The number of rotatable bonds is 6. The molecule has 5 nitrogen and oxygen atoms in total. The number of benzene rings is 1. The Balaban J connectivity index is 2.85. The highest BCUT2D eigenvalue weighted by Gasteiger charge is 2.14. The van der Waals surface area contributed by atoms with E-state index in [1.165, 1.54) is 24.3 Å². The van der Waals surface area contributed by atoms with Crippen LogP contribution in [0.5, 0.6) is 0 Å². The van der Waals surface area contributed by atoms with Crippen molar-refractivity contribution in [1.82, 2.24) is 4.72 Å². The Bertz CT molecular complexity index is 493. The fourth-order valence-electron chi connectivity index (χ4n) is 1.30. The highest BCUT2D eigenvalue weighted by Crippen LogP contribution is 2.11. The van der Waals surface area contributed by atoms with Gasteiger partial charge in [0.2, 0.25) is 10.0 Å². The zero-order valence-electron chi connectivity index (χ0n) is 10.5. The molecule has 0 aliphatic carbocycles. The van der Waals surface area contributed by atoms with Gasteiger partial charge in [-0.15, -0.1) is 0 Å². The van der Waals surface area contributed by atoms with Gasteiger partial charge in [0, 0.05) is 6.54 Å². The first-order valence-corrected chi connectivity index (χ1v) is 7.26. The molecule has 18 heavy (non-hydrogen) atoms. The van der Waals surface area contributed by atoms with Gasteiger partial charge in [-0.05, 0) is 37.6 Å². The van der Waals surface area contributed by atoms with Crippen molar-refractivity contribution in [2.45, 2.75) is 25.2 Å². The van der Waals surface area contributed by atoms with Crippen molar-refractivity contribution in [3.05, 3.63) is 29.8 Å². The largest absolute Gasteiger partial charge is 0.462 e. The zero-order chi connectivity index (χ0) is 13.6. The van der Waals surface area contributed by atoms with Crippen molar-refractivity contribution in [2.75, 3.05) is 13.2 Å². The smallest absolute Gasteiger partial charge is 0.338 e. The van der Waals surface area contributed by atoms with E-state index in [9.17, 15) is 13.2 Å². The van der Waals surface area contributed by atoms with Gasteiger partial charge in [0.1, 0.15) is 0 Å². The van der Waals surface area contributed by atoms with E-state index >= 15 is 0 Å². The molecule has 1 rings (SSSR count). The van der Waals surface area contributed by atoms with Crippen molar-refractivity contribution in [1.29, 1.82) is 0 Å². The maximum atomic E-state index is 11.8. The lowest BCUT2D eigenvalue weighted by molar-refractivity contribution is 0.0526. The molecule has 0 aromatic heterocycles. The molecule has 0 saturated carbocycles. The van der Waals surface area contributed by atoms with E-state index < -0.39 is 16.0 Å². The van der Waals surface area contributed by atoms with E-state index in [0.29, 0.717) is 12.1 Å². The Morgan fingerprint density at radius 1 is 1.22 bits per heavy atom. The van der Waals surface area contributed by atoms with Crippen LogP contribution in [-0.2, 0) is 14.8 Å². The standard InChI is InChI=1S/C12H17NO4S/c1-3-9-13-18(15,16)11-7-5-10(6-8-11)12(14)17-4-2/h5-8,13H,3-4,9H2,1-2H3. The lowest BCUT2D eigenvalue weighted by atomic mass is 10.2. The van der Waals surface area contributed by atoms with Gasteiger partial charge in [0.15, 0.2) is 0 Å². The molecular weight excluding hydrogens is 254 g/mol. The molecule has 0 spiro atoms. The predicted molar refractivity (Wildman–Crippen MR) is 67.9 cm³/mol. The van der Waals surface area contributed by atoms with Crippen LogP contribution < -0.4 is 4.72 Å². The topological polar surface area (TPSA) is 72.5 Å². The summed E-state index contributed by atoms with van der Waals surface area (Å²) in [5, 5.41) is 0. The van der Waals surface area contributed by atoms with E-state index in [-0.39, 0.29) is 11.5 Å². The predicted octanol–water partition coefficient (Wildman–Crippen LogP) is 1.55. The Kier molecular flexibility index (Phi) is 5.30. The summed E-state index contributed by atoms with van der Waals surface area (Å²) in [7, 11) is -3.48. The number of hydrogen-bond donors (Lipinski definition) is 1. The van der Waals surface area contributed by atoms with Gasteiger partial charge in [-0.25, -0.2) is 17.9 Å². The maximum Gasteiger partial charge on any atom is 0.338 e. The summed E-state index contributed by atoms with van der Waals surface area (Å²) >= 11 is 0. The lowest BCUT2D eigenvalue weighted by Crippen LogP contribution is -2.24. The van der Waals surface area contributed by atoms with E-state index in [1.807, 2.05) is 6.92 Å². The van der Waals surface area contributed by atoms with Gasteiger partial charge < -0.3 is 4.74 Å². The second-order valence-corrected chi connectivity index (χ2v) is 5.41. The summed E-state index contributed by atoms with van der Waals surface area (Å²) in [6.45, 7) is 4.27. The fourth-order valence-corrected chi connectivity index (χ4v) is 2.44. The summed E-state index contributed by atoms with van der Waals surface area (Å²) in [6, 6.07) is 5.67. The summed E-state index contributed by atoms with van der Waals surface area (Å²) < 4.78 is 30.8. The number of ether oxygens (including phenoxy) is 1. The molecule has 1 aromatic carbocycles. The molecule has 0 heterocycles. The van der Waals surface area contributed by atoms with Crippen molar-refractivity contribution < 1.29 is 17.9 Å². The van der Waals surface area contributed by atoms with Crippen LogP contribution in [-0.4, -0.2) is 27.5 Å². The molecule has 0 fully saturated rings. The maximum absolute atomic E-state index is 11.8. The number of carbonyl (C=O) groups excluding carboxylic acids is 1. The number of carbonyl (C=O) groups is 1.